The first-order valence-corrected chi connectivity index (χ1v) is 5.66. The van der Waals surface area contributed by atoms with Gasteiger partial charge in [0.25, 0.3) is 0 Å². The summed E-state index contributed by atoms with van der Waals surface area (Å²) in [4.78, 5) is 0. The van der Waals surface area contributed by atoms with Crippen molar-refractivity contribution in [3.63, 3.8) is 0 Å². The summed E-state index contributed by atoms with van der Waals surface area (Å²) in [6.07, 6.45) is 2.37. The molecule has 0 saturated heterocycles. The van der Waals surface area contributed by atoms with Gasteiger partial charge in [0.1, 0.15) is 5.82 Å². The van der Waals surface area contributed by atoms with Crippen LogP contribution in [-0.4, -0.2) is 6.04 Å². The molecule has 2 rings (SSSR count). The number of hydrogen-bond acceptors (Lipinski definition) is 1. The molecule has 0 aromatic heterocycles. The number of rotatable bonds is 2. The van der Waals surface area contributed by atoms with Gasteiger partial charge < -0.3 is 5.32 Å². The molecule has 1 aromatic rings. The first-order valence-electron chi connectivity index (χ1n) is 4.87. The molecule has 0 atom stereocenters. The number of anilines is 1. The monoisotopic (exact) mass is 257 g/mol. The second-order valence-corrected chi connectivity index (χ2v) is 4.90. The van der Waals surface area contributed by atoms with Gasteiger partial charge in [-0.15, -0.1) is 0 Å². The van der Waals surface area contributed by atoms with Gasteiger partial charge in [0.15, 0.2) is 0 Å². The van der Waals surface area contributed by atoms with E-state index in [9.17, 15) is 4.39 Å². The average Bonchev–Trinajstić information content (AvgIpc) is 2.09. The molecule has 1 aromatic carbocycles. The second kappa shape index (κ2) is 3.89. The van der Waals surface area contributed by atoms with Gasteiger partial charge in [-0.3, -0.25) is 0 Å². The minimum Gasteiger partial charge on any atom is -0.381 e. The average molecular weight is 258 g/mol. The van der Waals surface area contributed by atoms with E-state index in [1.807, 2.05) is 0 Å². The fourth-order valence-corrected chi connectivity index (χ4v) is 2.21. The Bertz CT molecular complexity index is 334. The first-order chi connectivity index (χ1) is 6.65. The van der Waals surface area contributed by atoms with Crippen LogP contribution in [0.25, 0.3) is 0 Å². The van der Waals surface area contributed by atoms with Crippen molar-refractivity contribution in [1.29, 1.82) is 0 Å². The minimum absolute atomic E-state index is 0.192. The summed E-state index contributed by atoms with van der Waals surface area (Å²) in [6.45, 7) is 2.23. The topological polar surface area (TPSA) is 12.0 Å². The Labute approximate surface area is 91.8 Å². The van der Waals surface area contributed by atoms with E-state index >= 15 is 0 Å². The lowest BCUT2D eigenvalue weighted by Crippen LogP contribution is -2.33. The third-order valence-electron chi connectivity index (χ3n) is 2.66. The predicted molar refractivity (Wildman–Crippen MR) is 59.9 cm³/mol. The van der Waals surface area contributed by atoms with E-state index < -0.39 is 0 Å². The van der Waals surface area contributed by atoms with Crippen LogP contribution in [0.3, 0.4) is 0 Å². The molecule has 0 heterocycles. The molecule has 0 spiro atoms. The smallest absolute Gasteiger partial charge is 0.125 e. The van der Waals surface area contributed by atoms with Crippen LogP contribution in [-0.2, 0) is 0 Å². The van der Waals surface area contributed by atoms with Crippen LogP contribution in [0.5, 0.6) is 0 Å². The summed E-state index contributed by atoms with van der Waals surface area (Å²) < 4.78 is 13.9. The fourth-order valence-electron chi connectivity index (χ4n) is 1.85. The zero-order valence-electron chi connectivity index (χ0n) is 8.06. The molecule has 0 radical (unpaired) electrons. The van der Waals surface area contributed by atoms with Crippen LogP contribution in [0.15, 0.2) is 22.7 Å². The summed E-state index contributed by atoms with van der Waals surface area (Å²) in [7, 11) is 0. The number of benzene rings is 1. The Hall–Kier alpha value is -0.570. The largest absolute Gasteiger partial charge is 0.381 e. The molecule has 1 aliphatic rings. The third kappa shape index (κ3) is 2.08. The van der Waals surface area contributed by atoms with Gasteiger partial charge in [-0.05, 0) is 52.9 Å². The van der Waals surface area contributed by atoms with Crippen LogP contribution in [0.2, 0.25) is 0 Å². The summed E-state index contributed by atoms with van der Waals surface area (Å²) >= 11 is 3.40. The third-order valence-corrected chi connectivity index (χ3v) is 3.35. The van der Waals surface area contributed by atoms with Crippen LogP contribution in [0.4, 0.5) is 10.1 Å². The summed E-state index contributed by atoms with van der Waals surface area (Å²) in [5.74, 6) is 0.614. The Balaban J connectivity index is 2.05. The Kier molecular flexibility index (Phi) is 2.77. The van der Waals surface area contributed by atoms with E-state index in [0.717, 1.165) is 16.1 Å². The van der Waals surface area contributed by atoms with E-state index in [0.29, 0.717) is 6.04 Å². The zero-order valence-corrected chi connectivity index (χ0v) is 9.64. The van der Waals surface area contributed by atoms with Crippen molar-refractivity contribution in [2.75, 3.05) is 5.32 Å². The second-order valence-electron chi connectivity index (χ2n) is 4.04. The first kappa shape index (κ1) is 9.97. The highest BCUT2D eigenvalue weighted by atomic mass is 79.9. The summed E-state index contributed by atoms with van der Waals surface area (Å²) in [5.41, 5.74) is 0.863. The molecule has 1 saturated carbocycles. The van der Waals surface area contributed by atoms with Crippen LogP contribution in [0, 0.1) is 11.7 Å². The lowest BCUT2D eigenvalue weighted by molar-refractivity contribution is 0.309. The molecule has 76 valence electrons. The van der Waals surface area contributed by atoms with Crippen molar-refractivity contribution >= 4 is 21.6 Å². The molecular formula is C11H13BrFN. The maximum Gasteiger partial charge on any atom is 0.125 e. The van der Waals surface area contributed by atoms with Crippen molar-refractivity contribution < 1.29 is 4.39 Å². The molecule has 1 fully saturated rings. The molecule has 0 unspecified atom stereocenters. The van der Waals surface area contributed by atoms with E-state index in [4.69, 9.17) is 0 Å². The molecule has 1 nitrogen and oxygen atoms in total. The van der Waals surface area contributed by atoms with Crippen LogP contribution >= 0.6 is 15.9 Å². The minimum atomic E-state index is -0.192. The maximum absolute atomic E-state index is 12.9. The van der Waals surface area contributed by atoms with Crippen LogP contribution in [0.1, 0.15) is 19.8 Å². The van der Waals surface area contributed by atoms with Gasteiger partial charge in [-0.2, -0.15) is 0 Å². The molecule has 0 aliphatic heterocycles. The number of hydrogen-bond donors (Lipinski definition) is 1. The quantitative estimate of drug-likeness (QED) is 0.850. The van der Waals surface area contributed by atoms with Crippen molar-refractivity contribution in [2.24, 2.45) is 5.92 Å². The van der Waals surface area contributed by atoms with Gasteiger partial charge in [0, 0.05) is 10.5 Å². The highest BCUT2D eigenvalue weighted by molar-refractivity contribution is 9.10. The summed E-state index contributed by atoms with van der Waals surface area (Å²) in [6, 6.07) is 5.24. The number of nitrogens with one attached hydrogen (secondary N) is 1. The molecule has 3 heteroatoms. The lowest BCUT2D eigenvalue weighted by atomic mass is 9.82. The van der Waals surface area contributed by atoms with E-state index in [2.05, 4.69) is 28.2 Å². The highest BCUT2D eigenvalue weighted by Crippen LogP contribution is 2.32. The normalized spacial score (nSPS) is 25.6. The standard InChI is InChI=1S/C11H13BrFN/c1-7-4-9(5-7)14-11-6-8(13)2-3-10(11)12/h2-3,6-7,9,14H,4-5H2,1H3. The van der Waals surface area contributed by atoms with Crippen molar-refractivity contribution in [3.05, 3.63) is 28.5 Å². The maximum atomic E-state index is 12.9. The van der Waals surface area contributed by atoms with Crippen LogP contribution < -0.4 is 5.32 Å². The fraction of sp³-hybridized carbons (Fsp3) is 0.455. The predicted octanol–water partition coefficient (Wildman–Crippen LogP) is 3.80. The van der Waals surface area contributed by atoms with Crippen molar-refractivity contribution in [3.8, 4) is 0 Å². The Morgan fingerprint density at radius 3 is 2.79 bits per heavy atom. The van der Waals surface area contributed by atoms with Gasteiger partial charge in [0.2, 0.25) is 0 Å². The molecule has 1 N–H and O–H groups in total. The Morgan fingerprint density at radius 1 is 1.43 bits per heavy atom. The van der Waals surface area contributed by atoms with E-state index in [1.165, 1.54) is 25.0 Å². The van der Waals surface area contributed by atoms with Gasteiger partial charge in [0.05, 0.1) is 5.69 Å². The van der Waals surface area contributed by atoms with Gasteiger partial charge >= 0.3 is 0 Å². The highest BCUT2D eigenvalue weighted by Gasteiger charge is 2.25. The molecule has 0 bridgehead atoms. The van der Waals surface area contributed by atoms with E-state index in [-0.39, 0.29) is 5.82 Å². The Morgan fingerprint density at radius 2 is 2.14 bits per heavy atom. The lowest BCUT2D eigenvalue weighted by Gasteiger charge is -2.34. The zero-order chi connectivity index (χ0) is 10.1. The number of halogens is 2. The van der Waals surface area contributed by atoms with Gasteiger partial charge in [-0.25, -0.2) is 4.39 Å². The summed E-state index contributed by atoms with van der Waals surface area (Å²) in [5, 5.41) is 3.33. The molecular weight excluding hydrogens is 245 g/mol. The van der Waals surface area contributed by atoms with Crippen molar-refractivity contribution in [2.45, 2.75) is 25.8 Å². The molecule has 1 aliphatic carbocycles. The van der Waals surface area contributed by atoms with Gasteiger partial charge in [-0.1, -0.05) is 6.92 Å². The SMILES string of the molecule is CC1CC(Nc2cc(F)ccc2Br)C1. The van der Waals surface area contributed by atoms with E-state index in [1.54, 1.807) is 6.07 Å². The van der Waals surface area contributed by atoms with Crippen molar-refractivity contribution in [1.82, 2.24) is 0 Å². The molecule has 14 heavy (non-hydrogen) atoms. The molecule has 0 amide bonds.